The summed E-state index contributed by atoms with van der Waals surface area (Å²) in [5.41, 5.74) is 4.20. The molecule has 0 unspecified atom stereocenters. The van der Waals surface area contributed by atoms with Crippen molar-refractivity contribution >= 4 is 28.9 Å². The van der Waals surface area contributed by atoms with Crippen molar-refractivity contribution < 1.29 is 0 Å². The largest absolute Gasteiger partial charge is 0.329 e. The van der Waals surface area contributed by atoms with Gasteiger partial charge in [-0.3, -0.25) is 18.9 Å². The Bertz CT molecular complexity index is 1150. The zero-order chi connectivity index (χ0) is 19.4. The Hall–Kier alpha value is -3.68. The Kier molecular flexibility index (Phi) is 5.16. The van der Waals surface area contributed by atoms with Crippen LogP contribution in [0.3, 0.4) is 0 Å². The molecule has 0 aliphatic rings. The third-order valence-electron chi connectivity index (χ3n) is 3.97. The summed E-state index contributed by atoms with van der Waals surface area (Å²) < 4.78 is 2.91. The van der Waals surface area contributed by atoms with Gasteiger partial charge in [0.05, 0.1) is 5.71 Å². The van der Waals surface area contributed by atoms with E-state index in [1.54, 1.807) is 17.7 Å². The number of nitrogens with zero attached hydrogens (tertiary/aromatic N) is 4. The van der Waals surface area contributed by atoms with Gasteiger partial charge in [-0.05, 0) is 18.6 Å². The zero-order valence-electron chi connectivity index (χ0n) is 15.1. The van der Waals surface area contributed by atoms with E-state index in [4.69, 9.17) is 0 Å². The minimum absolute atomic E-state index is 0.279. The topological polar surface area (TPSA) is 97.1 Å². The summed E-state index contributed by atoms with van der Waals surface area (Å²) in [6, 6.07) is 9.87. The molecule has 0 radical (unpaired) electrons. The minimum atomic E-state index is -0.521. The van der Waals surface area contributed by atoms with E-state index in [0.29, 0.717) is 12.5 Å². The van der Waals surface area contributed by atoms with Gasteiger partial charge in [-0.2, -0.15) is 10.1 Å². The third kappa shape index (κ3) is 3.79. The van der Waals surface area contributed by atoms with Crippen molar-refractivity contribution in [2.24, 2.45) is 12.1 Å². The fraction of sp³-hybridized carbons (Fsp3) is 0.158. The number of H-pyrrole nitrogens is 1. The van der Waals surface area contributed by atoms with E-state index in [9.17, 15) is 9.59 Å². The number of hydrogen-bond donors (Lipinski definition) is 2. The van der Waals surface area contributed by atoms with E-state index < -0.39 is 11.2 Å². The van der Waals surface area contributed by atoms with Crippen molar-refractivity contribution in [1.29, 1.82) is 0 Å². The summed E-state index contributed by atoms with van der Waals surface area (Å²) in [4.78, 5) is 30.7. The van der Waals surface area contributed by atoms with Crippen molar-refractivity contribution in [3.63, 3.8) is 0 Å². The number of allylic oxidation sites excluding steroid dienone is 2. The fourth-order valence-corrected chi connectivity index (χ4v) is 2.58. The molecule has 8 nitrogen and oxygen atoms in total. The van der Waals surface area contributed by atoms with Gasteiger partial charge in [-0.25, -0.2) is 10.2 Å². The molecule has 2 aromatic heterocycles. The Morgan fingerprint density at radius 3 is 2.78 bits per heavy atom. The average Bonchev–Trinajstić information content (AvgIpc) is 3.03. The molecule has 0 saturated heterocycles. The van der Waals surface area contributed by atoms with Gasteiger partial charge in [-0.15, -0.1) is 6.58 Å². The molecule has 0 aliphatic heterocycles. The van der Waals surface area contributed by atoms with Gasteiger partial charge in [0.15, 0.2) is 11.2 Å². The molecule has 138 valence electrons. The van der Waals surface area contributed by atoms with Crippen LogP contribution in [0.5, 0.6) is 0 Å². The number of imidazole rings is 1. The SMILES string of the molecule is C=CCn1c(N/N=C(/C)C=Cc2ccccc2)nc2c1c(=O)[nH]c(=O)n2C. The van der Waals surface area contributed by atoms with Crippen molar-refractivity contribution in [2.75, 3.05) is 5.43 Å². The lowest BCUT2D eigenvalue weighted by atomic mass is 10.2. The maximum absolute atomic E-state index is 12.2. The van der Waals surface area contributed by atoms with Gasteiger partial charge < -0.3 is 0 Å². The normalized spacial score (nSPS) is 12.0. The van der Waals surface area contributed by atoms with Gasteiger partial charge in [0, 0.05) is 13.6 Å². The molecular formula is C19H20N6O2. The maximum Gasteiger partial charge on any atom is 0.329 e. The molecule has 0 amide bonds. The zero-order valence-corrected chi connectivity index (χ0v) is 15.1. The van der Waals surface area contributed by atoms with Crippen LogP contribution in [-0.2, 0) is 13.6 Å². The molecular weight excluding hydrogens is 344 g/mol. The summed E-state index contributed by atoms with van der Waals surface area (Å²) >= 11 is 0. The summed E-state index contributed by atoms with van der Waals surface area (Å²) in [5.74, 6) is 0.351. The van der Waals surface area contributed by atoms with Crippen molar-refractivity contribution in [2.45, 2.75) is 13.5 Å². The fourth-order valence-electron chi connectivity index (χ4n) is 2.58. The molecule has 0 saturated carbocycles. The molecule has 3 aromatic rings. The predicted molar refractivity (Wildman–Crippen MR) is 108 cm³/mol. The molecule has 0 aliphatic carbocycles. The first-order valence-electron chi connectivity index (χ1n) is 8.35. The summed E-state index contributed by atoms with van der Waals surface area (Å²) in [7, 11) is 1.55. The Labute approximate surface area is 155 Å². The molecule has 27 heavy (non-hydrogen) atoms. The van der Waals surface area contributed by atoms with Crippen LogP contribution in [0, 0.1) is 0 Å². The first-order chi connectivity index (χ1) is 13.0. The van der Waals surface area contributed by atoms with E-state index in [1.807, 2.05) is 49.4 Å². The molecule has 2 heterocycles. The van der Waals surface area contributed by atoms with E-state index in [-0.39, 0.29) is 11.2 Å². The smallest absolute Gasteiger partial charge is 0.299 e. The standard InChI is InChI=1S/C19H20N6O2/c1-4-12-25-15-16(24(3)19(27)21-17(15)26)20-18(25)23-22-13(2)10-11-14-8-6-5-7-9-14/h4-11H,1,12H2,2-3H3,(H,20,23)(H,21,26,27)/b11-10?,22-13-. The van der Waals surface area contributed by atoms with Gasteiger partial charge in [0.1, 0.15) is 0 Å². The summed E-state index contributed by atoms with van der Waals surface area (Å²) in [6.07, 6.45) is 5.45. The Morgan fingerprint density at radius 2 is 2.07 bits per heavy atom. The first kappa shape index (κ1) is 18.1. The summed E-state index contributed by atoms with van der Waals surface area (Å²) in [6.45, 7) is 5.89. The number of nitrogens with one attached hydrogen (secondary N) is 2. The van der Waals surface area contributed by atoms with Crippen molar-refractivity contribution in [3.8, 4) is 0 Å². The monoisotopic (exact) mass is 364 g/mol. The molecule has 0 atom stereocenters. The van der Waals surface area contributed by atoms with E-state index >= 15 is 0 Å². The van der Waals surface area contributed by atoms with E-state index in [2.05, 4.69) is 27.1 Å². The number of benzene rings is 1. The third-order valence-corrected chi connectivity index (χ3v) is 3.97. The second-order valence-electron chi connectivity index (χ2n) is 5.93. The quantitative estimate of drug-likeness (QED) is 0.398. The number of hydrazone groups is 1. The highest BCUT2D eigenvalue weighted by atomic mass is 16.2. The Balaban J connectivity index is 1.95. The van der Waals surface area contributed by atoms with Gasteiger partial charge in [0.2, 0.25) is 5.95 Å². The number of aryl methyl sites for hydroxylation is 1. The highest BCUT2D eigenvalue weighted by molar-refractivity contribution is 5.96. The number of anilines is 1. The maximum atomic E-state index is 12.2. The number of fused-ring (bicyclic) bond motifs is 1. The van der Waals surface area contributed by atoms with Crippen LogP contribution in [0.25, 0.3) is 17.2 Å². The minimum Gasteiger partial charge on any atom is -0.299 e. The van der Waals surface area contributed by atoms with Crippen LogP contribution in [0.4, 0.5) is 5.95 Å². The van der Waals surface area contributed by atoms with Crippen molar-refractivity contribution in [3.05, 3.63) is 75.5 Å². The number of hydrogen-bond acceptors (Lipinski definition) is 5. The van der Waals surface area contributed by atoms with Crippen LogP contribution in [0.15, 0.2) is 63.8 Å². The lowest BCUT2D eigenvalue weighted by Gasteiger charge is -2.05. The van der Waals surface area contributed by atoms with Gasteiger partial charge >= 0.3 is 5.69 Å². The molecule has 1 aromatic carbocycles. The van der Waals surface area contributed by atoms with Crippen molar-refractivity contribution in [1.82, 2.24) is 19.1 Å². The second-order valence-corrected chi connectivity index (χ2v) is 5.93. The number of rotatable bonds is 6. The molecule has 0 bridgehead atoms. The molecule has 0 spiro atoms. The number of aromatic amines is 1. The van der Waals surface area contributed by atoms with Crippen LogP contribution >= 0.6 is 0 Å². The van der Waals surface area contributed by atoms with Gasteiger partial charge in [0.25, 0.3) is 5.56 Å². The predicted octanol–water partition coefficient (Wildman–Crippen LogP) is 2.11. The number of aromatic nitrogens is 4. The van der Waals surface area contributed by atoms with E-state index in [0.717, 1.165) is 11.3 Å². The Morgan fingerprint density at radius 1 is 1.33 bits per heavy atom. The highest BCUT2D eigenvalue weighted by Gasteiger charge is 2.16. The van der Waals surface area contributed by atoms with Gasteiger partial charge in [-0.1, -0.05) is 42.5 Å². The van der Waals surface area contributed by atoms with Crippen LogP contribution in [-0.4, -0.2) is 24.8 Å². The molecule has 2 N–H and O–H groups in total. The lowest BCUT2D eigenvalue weighted by molar-refractivity contribution is 0.819. The summed E-state index contributed by atoms with van der Waals surface area (Å²) in [5, 5.41) is 4.29. The van der Waals surface area contributed by atoms with E-state index in [1.165, 1.54) is 4.57 Å². The molecule has 3 rings (SSSR count). The molecule has 8 heteroatoms. The second kappa shape index (κ2) is 7.69. The van der Waals surface area contributed by atoms with Crippen LogP contribution in [0.2, 0.25) is 0 Å². The first-order valence-corrected chi connectivity index (χ1v) is 8.35. The average molecular weight is 364 g/mol. The highest BCUT2D eigenvalue weighted by Crippen LogP contribution is 2.15. The lowest BCUT2D eigenvalue weighted by Crippen LogP contribution is -2.29. The molecule has 0 fully saturated rings. The van der Waals surface area contributed by atoms with Crippen LogP contribution in [0.1, 0.15) is 12.5 Å². The van der Waals surface area contributed by atoms with Crippen LogP contribution < -0.4 is 16.7 Å².